The van der Waals surface area contributed by atoms with E-state index in [1.54, 1.807) is 26.3 Å². The summed E-state index contributed by atoms with van der Waals surface area (Å²) in [5, 5.41) is 3.28. The quantitative estimate of drug-likeness (QED) is 0.893. The minimum absolute atomic E-state index is 0.0344. The molecule has 1 aromatic carbocycles. The molecule has 1 N–H and O–H groups in total. The normalized spacial score (nSPS) is 21.6. The van der Waals surface area contributed by atoms with Gasteiger partial charge in [-0.05, 0) is 30.5 Å². The van der Waals surface area contributed by atoms with Gasteiger partial charge in [-0.25, -0.2) is 0 Å². The fourth-order valence-electron chi connectivity index (χ4n) is 4.39. The van der Waals surface area contributed by atoms with Gasteiger partial charge in [-0.2, -0.15) is 0 Å². The average Bonchev–Trinajstić information content (AvgIpc) is 3.22. The van der Waals surface area contributed by atoms with E-state index < -0.39 is 0 Å². The van der Waals surface area contributed by atoms with Gasteiger partial charge in [-0.15, -0.1) is 0 Å². The first-order chi connectivity index (χ1) is 12.0. The molecule has 1 atom stereocenters. The van der Waals surface area contributed by atoms with Crippen LogP contribution in [0.5, 0.6) is 5.75 Å². The molecule has 1 aliphatic carbocycles. The molecule has 5 nitrogen and oxygen atoms in total. The SMILES string of the molecule is CNC(=O)C1CN(C(=O)Cc2ccc(OC)c(Cl)c2)CC12CCCC2. The molecule has 1 saturated carbocycles. The van der Waals surface area contributed by atoms with Crippen molar-refractivity contribution in [1.82, 2.24) is 10.2 Å². The summed E-state index contributed by atoms with van der Waals surface area (Å²) in [5.74, 6) is 0.621. The largest absolute Gasteiger partial charge is 0.495 e. The summed E-state index contributed by atoms with van der Waals surface area (Å²) in [5.41, 5.74) is 0.826. The number of halogens is 1. The Morgan fingerprint density at radius 1 is 1.36 bits per heavy atom. The monoisotopic (exact) mass is 364 g/mol. The van der Waals surface area contributed by atoms with Crippen LogP contribution in [0.15, 0.2) is 18.2 Å². The van der Waals surface area contributed by atoms with Crippen molar-refractivity contribution in [3.05, 3.63) is 28.8 Å². The van der Waals surface area contributed by atoms with Crippen LogP contribution in [0.2, 0.25) is 5.02 Å². The van der Waals surface area contributed by atoms with Gasteiger partial charge in [0.1, 0.15) is 5.75 Å². The lowest BCUT2D eigenvalue weighted by Crippen LogP contribution is -2.38. The van der Waals surface area contributed by atoms with Crippen LogP contribution in [0.25, 0.3) is 0 Å². The summed E-state index contributed by atoms with van der Waals surface area (Å²) in [6.45, 7) is 1.20. The van der Waals surface area contributed by atoms with Crippen LogP contribution in [0.4, 0.5) is 0 Å². The molecule has 1 spiro atoms. The standard InChI is InChI=1S/C19H25ClN2O3/c1-21-18(24)14-11-22(12-19(14)7-3-4-8-19)17(23)10-13-5-6-16(25-2)15(20)9-13/h5-6,9,14H,3-4,7-8,10-12H2,1-2H3,(H,21,24). The molecule has 136 valence electrons. The lowest BCUT2D eigenvalue weighted by Gasteiger charge is -2.28. The number of rotatable bonds is 4. The molecule has 2 amide bonds. The van der Waals surface area contributed by atoms with Crippen molar-refractivity contribution in [2.75, 3.05) is 27.2 Å². The van der Waals surface area contributed by atoms with E-state index in [1.165, 1.54) is 0 Å². The molecule has 1 unspecified atom stereocenters. The summed E-state index contributed by atoms with van der Waals surface area (Å²) in [7, 11) is 3.24. The Balaban J connectivity index is 1.72. The predicted molar refractivity (Wildman–Crippen MR) is 96.7 cm³/mol. The maximum absolute atomic E-state index is 12.8. The molecule has 3 rings (SSSR count). The number of likely N-dealkylation sites (tertiary alicyclic amines) is 1. The second-order valence-electron chi connectivity index (χ2n) is 7.16. The van der Waals surface area contributed by atoms with E-state index in [0.29, 0.717) is 30.3 Å². The molecule has 25 heavy (non-hydrogen) atoms. The first-order valence-corrected chi connectivity index (χ1v) is 9.19. The number of nitrogens with one attached hydrogen (secondary N) is 1. The molecule has 1 heterocycles. The van der Waals surface area contributed by atoms with Gasteiger partial charge in [0.05, 0.1) is 24.5 Å². The number of methoxy groups -OCH3 is 1. The highest BCUT2D eigenvalue weighted by atomic mass is 35.5. The Kier molecular flexibility index (Phi) is 5.23. The smallest absolute Gasteiger partial charge is 0.227 e. The van der Waals surface area contributed by atoms with Crippen molar-refractivity contribution in [3.8, 4) is 5.75 Å². The van der Waals surface area contributed by atoms with E-state index in [-0.39, 0.29) is 23.1 Å². The van der Waals surface area contributed by atoms with E-state index in [9.17, 15) is 9.59 Å². The van der Waals surface area contributed by atoms with Gasteiger partial charge in [0.15, 0.2) is 0 Å². The maximum Gasteiger partial charge on any atom is 0.227 e. The Bertz CT molecular complexity index is 671. The minimum atomic E-state index is -0.0941. The van der Waals surface area contributed by atoms with Crippen LogP contribution in [0.3, 0.4) is 0 Å². The van der Waals surface area contributed by atoms with Crippen molar-refractivity contribution >= 4 is 23.4 Å². The minimum Gasteiger partial charge on any atom is -0.495 e. The summed E-state index contributed by atoms with van der Waals surface area (Å²) in [4.78, 5) is 27.0. The Morgan fingerprint density at radius 2 is 2.08 bits per heavy atom. The highest BCUT2D eigenvalue weighted by Crippen LogP contribution is 2.49. The van der Waals surface area contributed by atoms with E-state index in [4.69, 9.17) is 16.3 Å². The number of hydrogen-bond donors (Lipinski definition) is 1. The first-order valence-electron chi connectivity index (χ1n) is 8.81. The van der Waals surface area contributed by atoms with Crippen LogP contribution in [-0.4, -0.2) is 44.0 Å². The van der Waals surface area contributed by atoms with Crippen LogP contribution < -0.4 is 10.1 Å². The number of carbonyl (C=O) groups is 2. The summed E-state index contributed by atoms with van der Waals surface area (Å²) < 4.78 is 5.15. The molecule has 1 saturated heterocycles. The summed E-state index contributed by atoms with van der Waals surface area (Å²) >= 11 is 6.15. The lowest BCUT2D eigenvalue weighted by molar-refractivity contribution is -0.130. The van der Waals surface area contributed by atoms with E-state index in [1.807, 2.05) is 11.0 Å². The third-order valence-electron chi connectivity index (χ3n) is 5.73. The Morgan fingerprint density at radius 3 is 2.68 bits per heavy atom. The van der Waals surface area contributed by atoms with Crippen LogP contribution in [0, 0.1) is 11.3 Å². The van der Waals surface area contributed by atoms with E-state index in [0.717, 1.165) is 31.2 Å². The number of benzene rings is 1. The van der Waals surface area contributed by atoms with Gasteiger partial charge in [0.25, 0.3) is 0 Å². The van der Waals surface area contributed by atoms with E-state index in [2.05, 4.69) is 5.32 Å². The molecule has 2 fully saturated rings. The molecule has 1 aromatic rings. The average molecular weight is 365 g/mol. The first kappa shape index (κ1) is 18.1. The molecular formula is C19H25ClN2O3. The summed E-state index contributed by atoms with van der Waals surface area (Å²) in [6.07, 6.45) is 4.64. The molecule has 1 aliphatic heterocycles. The third-order valence-corrected chi connectivity index (χ3v) is 6.03. The highest BCUT2D eigenvalue weighted by Gasteiger charge is 2.51. The van der Waals surface area contributed by atoms with Gasteiger partial charge in [0, 0.05) is 25.6 Å². The van der Waals surface area contributed by atoms with Crippen LogP contribution >= 0.6 is 11.6 Å². The van der Waals surface area contributed by atoms with E-state index >= 15 is 0 Å². The van der Waals surface area contributed by atoms with Gasteiger partial charge in [-0.3, -0.25) is 9.59 Å². The van der Waals surface area contributed by atoms with Crippen molar-refractivity contribution in [2.24, 2.45) is 11.3 Å². The zero-order chi connectivity index (χ0) is 18.0. The lowest BCUT2D eigenvalue weighted by atomic mass is 9.76. The number of amides is 2. The molecule has 0 radical (unpaired) electrons. The molecule has 0 bridgehead atoms. The maximum atomic E-state index is 12.8. The second kappa shape index (κ2) is 7.24. The molecule has 6 heteroatoms. The van der Waals surface area contributed by atoms with Gasteiger partial charge >= 0.3 is 0 Å². The van der Waals surface area contributed by atoms with Gasteiger partial charge in [0.2, 0.25) is 11.8 Å². The second-order valence-corrected chi connectivity index (χ2v) is 7.56. The number of carbonyl (C=O) groups excluding carboxylic acids is 2. The van der Waals surface area contributed by atoms with Crippen molar-refractivity contribution < 1.29 is 14.3 Å². The molecular weight excluding hydrogens is 340 g/mol. The topological polar surface area (TPSA) is 58.6 Å². The third kappa shape index (κ3) is 3.47. The fraction of sp³-hybridized carbons (Fsp3) is 0.579. The van der Waals surface area contributed by atoms with Gasteiger partial charge in [-0.1, -0.05) is 30.5 Å². The zero-order valence-corrected chi connectivity index (χ0v) is 15.6. The number of ether oxygens (including phenoxy) is 1. The fourth-order valence-corrected chi connectivity index (χ4v) is 4.67. The van der Waals surface area contributed by atoms with Crippen molar-refractivity contribution in [1.29, 1.82) is 0 Å². The van der Waals surface area contributed by atoms with Crippen LogP contribution in [0.1, 0.15) is 31.2 Å². The Hall–Kier alpha value is -1.75. The highest BCUT2D eigenvalue weighted by molar-refractivity contribution is 6.32. The number of hydrogen-bond acceptors (Lipinski definition) is 3. The molecule has 2 aliphatic rings. The Labute approximate surface area is 153 Å². The van der Waals surface area contributed by atoms with Gasteiger partial charge < -0.3 is 15.0 Å². The molecule has 0 aromatic heterocycles. The van der Waals surface area contributed by atoms with Crippen molar-refractivity contribution in [2.45, 2.75) is 32.1 Å². The van der Waals surface area contributed by atoms with Crippen molar-refractivity contribution in [3.63, 3.8) is 0 Å². The van der Waals surface area contributed by atoms with Crippen LogP contribution in [-0.2, 0) is 16.0 Å². The zero-order valence-electron chi connectivity index (χ0n) is 14.8. The predicted octanol–water partition coefficient (Wildman–Crippen LogP) is 2.66. The summed E-state index contributed by atoms with van der Waals surface area (Å²) in [6, 6.07) is 5.41. The number of nitrogens with zero attached hydrogens (tertiary/aromatic N) is 1.